The summed E-state index contributed by atoms with van der Waals surface area (Å²) in [7, 11) is 1.53. The van der Waals surface area contributed by atoms with Gasteiger partial charge in [-0.05, 0) is 31.2 Å². The average molecular weight is 506 g/mol. The third-order valence-electron chi connectivity index (χ3n) is 5.44. The maximum atomic E-state index is 13.8. The zero-order chi connectivity index (χ0) is 25.4. The van der Waals surface area contributed by atoms with Gasteiger partial charge in [-0.3, -0.25) is 15.2 Å². The van der Waals surface area contributed by atoms with Gasteiger partial charge in [-0.2, -0.15) is 0 Å². The summed E-state index contributed by atoms with van der Waals surface area (Å²) in [6.45, 7) is 2.23. The Labute approximate surface area is 207 Å². The first kappa shape index (κ1) is 23.2. The fraction of sp³-hybridized carbons (Fsp3) is 0.120. The summed E-state index contributed by atoms with van der Waals surface area (Å²) in [5, 5.41) is 14.5. The summed E-state index contributed by atoms with van der Waals surface area (Å²) in [6, 6.07) is 12.4. The smallest absolute Gasteiger partial charge is 0.349 e. The fourth-order valence-electron chi connectivity index (χ4n) is 3.84. The van der Waals surface area contributed by atoms with E-state index in [-0.39, 0.29) is 33.7 Å². The van der Waals surface area contributed by atoms with Crippen LogP contribution in [0.25, 0.3) is 27.6 Å². The molecule has 2 N–H and O–H groups in total. The lowest BCUT2D eigenvalue weighted by atomic mass is 10.1. The second-order valence-corrected chi connectivity index (χ2v) is 8.44. The van der Waals surface area contributed by atoms with Crippen molar-refractivity contribution in [2.45, 2.75) is 6.92 Å². The number of nitrogens with zero attached hydrogens (tertiary/aromatic N) is 2. The lowest BCUT2D eigenvalue weighted by Crippen LogP contribution is -2.46. The van der Waals surface area contributed by atoms with Crippen LogP contribution in [0.4, 0.5) is 0 Å². The molecular formula is C25H19N3O7S. The monoisotopic (exact) mass is 505 g/mol. The van der Waals surface area contributed by atoms with Crippen LogP contribution in [0.15, 0.2) is 77.4 Å². The van der Waals surface area contributed by atoms with Crippen LogP contribution in [0.1, 0.15) is 22.8 Å². The number of carbonyl (C=O) groups excluding carboxylic acids is 1. The van der Waals surface area contributed by atoms with E-state index < -0.39 is 17.2 Å². The molecule has 0 saturated carbocycles. The molecule has 3 heterocycles. The topological polar surface area (TPSA) is 135 Å². The third kappa shape index (κ3) is 3.99. The Bertz CT molecular complexity index is 1700. The van der Waals surface area contributed by atoms with Crippen LogP contribution in [-0.2, 0) is 0 Å². The Kier molecular flexibility index (Phi) is 5.98. The standard InChI is InChI=1S/C25H19N3O7S/c1-3-33-13-8-9-14-16(11-20(29)34-19(14)10-13)23(31)28-17(12-36-25(26-2)27-28)21-22(30)15-6-4-5-7-18(15)35-24(21)32/h4-12,30H,3H2,1-2H3,(H,26,27). The highest BCUT2D eigenvalue weighted by Crippen LogP contribution is 2.35. The zero-order valence-corrected chi connectivity index (χ0v) is 19.9. The van der Waals surface area contributed by atoms with Crippen molar-refractivity contribution in [2.75, 3.05) is 13.7 Å². The van der Waals surface area contributed by atoms with Crippen molar-refractivity contribution in [2.24, 2.45) is 4.99 Å². The number of fused-ring (bicyclic) bond motifs is 2. The molecule has 11 heteroatoms. The molecule has 1 aliphatic heterocycles. The summed E-state index contributed by atoms with van der Waals surface area (Å²) in [4.78, 5) is 43.2. The number of aromatic hydroxyl groups is 1. The zero-order valence-electron chi connectivity index (χ0n) is 19.1. The number of hydrogen-bond donors (Lipinski definition) is 2. The molecule has 10 nitrogen and oxygen atoms in total. The Hall–Kier alpha value is -4.51. The van der Waals surface area contributed by atoms with Crippen LogP contribution in [0.3, 0.4) is 0 Å². The minimum Gasteiger partial charge on any atom is -0.506 e. The quantitative estimate of drug-likeness (QED) is 0.398. The van der Waals surface area contributed by atoms with E-state index in [0.717, 1.165) is 22.8 Å². The number of thioether (sulfide) groups is 1. The summed E-state index contributed by atoms with van der Waals surface area (Å²) in [5.41, 5.74) is 1.44. The third-order valence-corrected chi connectivity index (χ3v) is 6.27. The summed E-state index contributed by atoms with van der Waals surface area (Å²) in [6.07, 6.45) is 0. The second kappa shape index (κ2) is 9.27. The van der Waals surface area contributed by atoms with Crippen LogP contribution < -0.4 is 21.4 Å². The first-order valence-electron chi connectivity index (χ1n) is 10.8. The predicted molar refractivity (Wildman–Crippen MR) is 136 cm³/mol. The molecular weight excluding hydrogens is 486 g/mol. The molecule has 0 spiro atoms. The van der Waals surface area contributed by atoms with Gasteiger partial charge in [0.05, 0.1) is 23.3 Å². The Morgan fingerprint density at radius 3 is 2.69 bits per heavy atom. The Morgan fingerprint density at radius 2 is 1.92 bits per heavy atom. The molecule has 0 aliphatic carbocycles. The van der Waals surface area contributed by atoms with Crippen LogP contribution in [0, 0.1) is 0 Å². The number of rotatable bonds is 4. The van der Waals surface area contributed by atoms with Gasteiger partial charge in [-0.1, -0.05) is 23.9 Å². The lowest BCUT2D eigenvalue weighted by molar-refractivity contribution is 0.0808. The van der Waals surface area contributed by atoms with Crippen molar-refractivity contribution in [1.82, 2.24) is 10.4 Å². The van der Waals surface area contributed by atoms with E-state index in [0.29, 0.717) is 28.3 Å². The van der Waals surface area contributed by atoms with Gasteiger partial charge in [0.15, 0.2) is 5.17 Å². The van der Waals surface area contributed by atoms with E-state index in [1.54, 1.807) is 36.4 Å². The molecule has 0 unspecified atom stereocenters. The van der Waals surface area contributed by atoms with E-state index in [1.807, 2.05) is 6.92 Å². The first-order chi connectivity index (χ1) is 17.4. The summed E-state index contributed by atoms with van der Waals surface area (Å²) in [5.74, 6) is -0.550. The molecule has 36 heavy (non-hydrogen) atoms. The number of benzene rings is 2. The van der Waals surface area contributed by atoms with Crippen molar-refractivity contribution in [3.63, 3.8) is 0 Å². The minimum absolute atomic E-state index is 0.00900. The number of hydrazine groups is 1. The Balaban J connectivity index is 1.68. The van der Waals surface area contributed by atoms with E-state index >= 15 is 0 Å². The summed E-state index contributed by atoms with van der Waals surface area (Å²) >= 11 is 1.11. The molecule has 0 radical (unpaired) electrons. The van der Waals surface area contributed by atoms with E-state index in [1.165, 1.54) is 18.5 Å². The number of para-hydroxylation sites is 1. The highest BCUT2D eigenvalue weighted by molar-refractivity contribution is 8.16. The largest absolute Gasteiger partial charge is 0.506 e. The second-order valence-electron chi connectivity index (χ2n) is 7.58. The first-order valence-corrected chi connectivity index (χ1v) is 11.7. The van der Waals surface area contributed by atoms with Gasteiger partial charge < -0.3 is 18.7 Å². The number of carbonyl (C=O) groups is 1. The van der Waals surface area contributed by atoms with E-state index in [9.17, 15) is 19.5 Å². The van der Waals surface area contributed by atoms with Crippen molar-refractivity contribution in [3.05, 3.63) is 85.9 Å². The molecule has 5 rings (SSSR count). The van der Waals surface area contributed by atoms with Gasteiger partial charge in [-0.15, -0.1) is 0 Å². The van der Waals surface area contributed by atoms with Crippen LogP contribution in [0.5, 0.6) is 11.5 Å². The SMILES string of the molecule is CCOc1ccc2c(C(=O)N3NC(=NC)SC=C3c3c(O)c4ccccc4oc3=O)cc(=O)oc2c1. The maximum Gasteiger partial charge on any atom is 0.349 e. The molecule has 0 saturated heterocycles. The molecule has 1 aliphatic rings. The maximum absolute atomic E-state index is 13.8. The highest BCUT2D eigenvalue weighted by Gasteiger charge is 2.32. The van der Waals surface area contributed by atoms with Crippen LogP contribution in [0.2, 0.25) is 0 Å². The van der Waals surface area contributed by atoms with Crippen molar-refractivity contribution in [1.29, 1.82) is 0 Å². The van der Waals surface area contributed by atoms with Gasteiger partial charge >= 0.3 is 11.3 Å². The molecule has 2 aromatic carbocycles. The lowest BCUT2D eigenvalue weighted by Gasteiger charge is -2.30. The normalized spacial score (nSPS) is 14.7. The average Bonchev–Trinajstić information content (AvgIpc) is 2.88. The number of amidine groups is 1. The number of amides is 1. The van der Waals surface area contributed by atoms with E-state index in [4.69, 9.17) is 13.6 Å². The minimum atomic E-state index is -0.840. The van der Waals surface area contributed by atoms with Crippen molar-refractivity contribution >= 4 is 50.5 Å². The molecule has 1 amide bonds. The number of aliphatic imine (C=N–C) groups is 1. The number of hydrogen-bond acceptors (Lipinski definition) is 9. The summed E-state index contributed by atoms with van der Waals surface area (Å²) < 4.78 is 16.2. The fourth-order valence-corrected chi connectivity index (χ4v) is 4.53. The molecule has 4 aromatic rings. The number of ether oxygens (including phenoxy) is 1. The molecule has 0 atom stereocenters. The van der Waals surface area contributed by atoms with Gasteiger partial charge in [0.25, 0.3) is 5.91 Å². The molecule has 182 valence electrons. The van der Waals surface area contributed by atoms with Crippen molar-refractivity contribution < 1.29 is 23.5 Å². The van der Waals surface area contributed by atoms with Gasteiger partial charge in [0.2, 0.25) is 0 Å². The number of nitrogens with one attached hydrogen (secondary N) is 1. The van der Waals surface area contributed by atoms with Gasteiger partial charge in [-0.25, -0.2) is 14.6 Å². The van der Waals surface area contributed by atoms with E-state index in [2.05, 4.69) is 10.4 Å². The van der Waals surface area contributed by atoms with Gasteiger partial charge in [0, 0.05) is 30.0 Å². The van der Waals surface area contributed by atoms with Crippen LogP contribution >= 0.6 is 11.8 Å². The molecule has 2 aromatic heterocycles. The highest BCUT2D eigenvalue weighted by atomic mass is 32.2. The van der Waals surface area contributed by atoms with Crippen molar-refractivity contribution in [3.8, 4) is 11.5 Å². The molecule has 0 fully saturated rings. The Morgan fingerprint density at radius 1 is 1.11 bits per heavy atom. The molecule has 0 bridgehead atoms. The predicted octanol–water partition coefficient (Wildman–Crippen LogP) is 3.68. The van der Waals surface area contributed by atoms with Crippen LogP contribution in [-0.4, -0.2) is 34.8 Å². The van der Waals surface area contributed by atoms with Gasteiger partial charge in [0.1, 0.15) is 28.2 Å².